The molecule has 0 saturated carbocycles. The Hall–Kier alpha value is -2.87. The van der Waals surface area contributed by atoms with Crippen molar-refractivity contribution in [1.82, 2.24) is 0 Å². The molecule has 1 atom stereocenters. The summed E-state index contributed by atoms with van der Waals surface area (Å²) in [4.78, 5) is 38.4. The average Bonchev–Trinajstić information content (AvgIpc) is 3.09. The van der Waals surface area contributed by atoms with Gasteiger partial charge in [0.05, 0.1) is 18.7 Å². The van der Waals surface area contributed by atoms with Gasteiger partial charge in [0.25, 0.3) is 5.91 Å². The second-order valence-electron chi connectivity index (χ2n) is 6.69. The lowest BCUT2D eigenvalue weighted by Crippen LogP contribution is -2.28. The van der Waals surface area contributed by atoms with Gasteiger partial charge in [-0.3, -0.25) is 14.4 Å². The monoisotopic (exact) mass is 460 g/mol. The summed E-state index contributed by atoms with van der Waals surface area (Å²) < 4.78 is 11.3. The van der Waals surface area contributed by atoms with Gasteiger partial charge in [0, 0.05) is 23.1 Å². The highest BCUT2D eigenvalue weighted by Gasteiger charge is 2.37. The maximum Gasteiger partial charge on any atom is 0.311 e. The Morgan fingerprint density at radius 1 is 1.24 bits per heavy atom. The van der Waals surface area contributed by atoms with E-state index in [1.807, 2.05) is 19.1 Å². The molecule has 2 amide bonds. The number of ether oxygens (including phenoxy) is 2. The summed E-state index contributed by atoms with van der Waals surface area (Å²) in [5, 5.41) is 2.71. The van der Waals surface area contributed by atoms with Gasteiger partial charge in [-0.1, -0.05) is 28.1 Å². The van der Waals surface area contributed by atoms with Crippen molar-refractivity contribution in [3.05, 3.63) is 52.5 Å². The molecule has 7 nitrogen and oxygen atoms in total. The topological polar surface area (TPSA) is 84.9 Å². The molecule has 1 saturated heterocycles. The lowest BCUT2D eigenvalue weighted by molar-refractivity contribution is -0.151. The fourth-order valence-electron chi connectivity index (χ4n) is 3.16. The van der Waals surface area contributed by atoms with Crippen LogP contribution in [-0.4, -0.2) is 38.0 Å². The van der Waals surface area contributed by atoms with Crippen LogP contribution in [0.25, 0.3) is 0 Å². The summed E-state index contributed by atoms with van der Waals surface area (Å²) in [5.74, 6) is -1.27. The number of carbonyl (C=O) groups is 3. The van der Waals surface area contributed by atoms with Gasteiger partial charge < -0.3 is 19.7 Å². The number of esters is 1. The third-order valence-corrected chi connectivity index (χ3v) is 5.14. The van der Waals surface area contributed by atoms with E-state index in [9.17, 15) is 14.4 Å². The van der Waals surface area contributed by atoms with Crippen molar-refractivity contribution in [2.45, 2.75) is 13.3 Å². The lowest BCUT2D eigenvalue weighted by atomic mass is 10.1. The number of methoxy groups -OCH3 is 1. The zero-order chi connectivity index (χ0) is 21.0. The fraction of sp³-hybridized carbons (Fsp3) is 0.286. The molecule has 1 aliphatic heterocycles. The zero-order valence-corrected chi connectivity index (χ0v) is 17.7. The molecule has 29 heavy (non-hydrogen) atoms. The van der Waals surface area contributed by atoms with E-state index in [0.29, 0.717) is 17.1 Å². The largest absolute Gasteiger partial charge is 0.495 e. The minimum atomic E-state index is -0.630. The number of hydrogen-bond donors (Lipinski definition) is 1. The number of aryl methyl sites for hydroxylation is 1. The summed E-state index contributed by atoms with van der Waals surface area (Å²) in [6, 6.07) is 12.6. The van der Waals surface area contributed by atoms with Crippen LogP contribution >= 0.6 is 15.9 Å². The van der Waals surface area contributed by atoms with Gasteiger partial charge in [-0.2, -0.15) is 0 Å². The standard InChI is InChI=1S/C21H21BrN2O5/c1-13-9-15(22)7-8-16(13)23-19(25)12-29-21(27)14-10-20(26)24(11-14)17-5-3-4-6-18(17)28-2/h3-9,14H,10-12H2,1-2H3,(H,23,25)/t14-/m1/s1. The highest BCUT2D eigenvalue weighted by Crippen LogP contribution is 2.33. The number of hydrogen-bond acceptors (Lipinski definition) is 5. The first kappa shape index (κ1) is 20.9. The Balaban J connectivity index is 1.56. The molecular weight excluding hydrogens is 440 g/mol. The van der Waals surface area contributed by atoms with Gasteiger partial charge in [0.15, 0.2) is 6.61 Å². The van der Waals surface area contributed by atoms with E-state index < -0.39 is 24.4 Å². The van der Waals surface area contributed by atoms with E-state index >= 15 is 0 Å². The molecule has 0 unspecified atom stereocenters. The summed E-state index contributed by atoms with van der Waals surface area (Å²) in [7, 11) is 1.52. The maximum absolute atomic E-state index is 12.4. The van der Waals surface area contributed by atoms with Crippen LogP contribution in [0.2, 0.25) is 0 Å². The van der Waals surface area contributed by atoms with E-state index in [0.717, 1.165) is 10.0 Å². The van der Waals surface area contributed by atoms with Crippen LogP contribution in [0.15, 0.2) is 46.9 Å². The van der Waals surface area contributed by atoms with E-state index in [4.69, 9.17) is 9.47 Å². The second kappa shape index (κ2) is 9.09. The Morgan fingerprint density at radius 3 is 2.72 bits per heavy atom. The van der Waals surface area contributed by atoms with E-state index in [-0.39, 0.29) is 18.9 Å². The van der Waals surface area contributed by atoms with Crippen molar-refractivity contribution in [3.8, 4) is 5.75 Å². The molecule has 1 aliphatic rings. The van der Waals surface area contributed by atoms with Crippen LogP contribution in [0.3, 0.4) is 0 Å². The van der Waals surface area contributed by atoms with E-state index in [1.165, 1.54) is 12.0 Å². The normalized spacial score (nSPS) is 15.9. The van der Waals surface area contributed by atoms with Crippen molar-refractivity contribution < 1.29 is 23.9 Å². The number of nitrogens with one attached hydrogen (secondary N) is 1. The zero-order valence-electron chi connectivity index (χ0n) is 16.1. The van der Waals surface area contributed by atoms with Gasteiger partial charge in [-0.15, -0.1) is 0 Å². The summed E-state index contributed by atoms with van der Waals surface area (Å²) in [5.41, 5.74) is 2.14. The number of halogens is 1. The molecule has 1 heterocycles. The van der Waals surface area contributed by atoms with Crippen LogP contribution in [0, 0.1) is 12.8 Å². The van der Waals surface area contributed by atoms with Gasteiger partial charge in [-0.25, -0.2) is 0 Å². The Kier molecular flexibility index (Phi) is 6.53. The van der Waals surface area contributed by atoms with Crippen LogP contribution in [-0.2, 0) is 19.1 Å². The van der Waals surface area contributed by atoms with Crippen molar-refractivity contribution in [2.24, 2.45) is 5.92 Å². The maximum atomic E-state index is 12.4. The number of carbonyl (C=O) groups excluding carboxylic acids is 3. The van der Waals surface area contributed by atoms with Crippen molar-refractivity contribution in [3.63, 3.8) is 0 Å². The number of para-hydroxylation sites is 2. The van der Waals surface area contributed by atoms with Gasteiger partial charge >= 0.3 is 5.97 Å². The number of rotatable bonds is 6. The number of nitrogens with zero attached hydrogens (tertiary/aromatic N) is 1. The minimum Gasteiger partial charge on any atom is -0.495 e. The summed E-state index contributed by atoms with van der Waals surface area (Å²) in [6.45, 7) is 1.64. The van der Waals surface area contributed by atoms with Crippen molar-refractivity contribution in [1.29, 1.82) is 0 Å². The number of amides is 2. The van der Waals surface area contributed by atoms with Crippen LogP contribution in [0.1, 0.15) is 12.0 Å². The molecule has 0 aliphatic carbocycles. The predicted molar refractivity (Wildman–Crippen MR) is 112 cm³/mol. The highest BCUT2D eigenvalue weighted by atomic mass is 79.9. The molecule has 1 fully saturated rings. The van der Waals surface area contributed by atoms with Gasteiger partial charge in [0.2, 0.25) is 5.91 Å². The van der Waals surface area contributed by atoms with E-state index in [2.05, 4.69) is 21.2 Å². The van der Waals surface area contributed by atoms with Crippen molar-refractivity contribution >= 4 is 45.1 Å². The first-order valence-corrected chi connectivity index (χ1v) is 9.84. The Bertz CT molecular complexity index is 946. The van der Waals surface area contributed by atoms with Crippen LogP contribution < -0.4 is 15.0 Å². The molecule has 0 aromatic heterocycles. The number of anilines is 2. The summed E-state index contributed by atoms with van der Waals surface area (Å²) in [6.07, 6.45) is 0.0321. The average molecular weight is 461 g/mol. The first-order chi connectivity index (χ1) is 13.9. The predicted octanol–water partition coefficient (Wildman–Crippen LogP) is 3.30. The molecule has 3 rings (SSSR count). The minimum absolute atomic E-state index is 0.0321. The van der Waals surface area contributed by atoms with Gasteiger partial charge in [0.1, 0.15) is 5.75 Å². The van der Waals surface area contributed by atoms with Crippen molar-refractivity contribution in [2.75, 3.05) is 30.5 Å². The van der Waals surface area contributed by atoms with Crippen LogP contribution in [0.5, 0.6) is 5.75 Å². The molecule has 0 bridgehead atoms. The summed E-state index contributed by atoms with van der Waals surface area (Å²) >= 11 is 3.36. The number of benzene rings is 2. The van der Waals surface area contributed by atoms with Crippen LogP contribution in [0.4, 0.5) is 11.4 Å². The second-order valence-corrected chi connectivity index (χ2v) is 7.61. The Morgan fingerprint density at radius 2 is 2.00 bits per heavy atom. The molecule has 0 radical (unpaired) electrons. The molecule has 2 aromatic carbocycles. The smallest absolute Gasteiger partial charge is 0.311 e. The molecule has 1 N–H and O–H groups in total. The third kappa shape index (κ3) is 4.95. The SMILES string of the molecule is COc1ccccc1N1C[C@H](C(=O)OCC(=O)Nc2ccc(Br)cc2C)CC1=O. The third-order valence-electron chi connectivity index (χ3n) is 4.64. The molecule has 0 spiro atoms. The molecule has 2 aromatic rings. The highest BCUT2D eigenvalue weighted by molar-refractivity contribution is 9.10. The quantitative estimate of drug-likeness (QED) is 0.668. The lowest BCUT2D eigenvalue weighted by Gasteiger charge is -2.19. The fourth-order valence-corrected chi connectivity index (χ4v) is 3.63. The Labute approximate surface area is 177 Å². The van der Waals surface area contributed by atoms with Gasteiger partial charge in [-0.05, 0) is 42.8 Å². The molecule has 8 heteroatoms. The molecule has 152 valence electrons. The van der Waals surface area contributed by atoms with E-state index in [1.54, 1.807) is 30.3 Å². The first-order valence-electron chi connectivity index (χ1n) is 9.05. The molecular formula is C21H21BrN2O5.